The van der Waals surface area contributed by atoms with Gasteiger partial charge in [-0.2, -0.15) is 0 Å². The van der Waals surface area contributed by atoms with E-state index in [2.05, 4.69) is 55.3 Å². The predicted octanol–water partition coefficient (Wildman–Crippen LogP) is 2.32. The molecule has 1 aliphatic heterocycles. The highest BCUT2D eigenvalue weighted by atomic mass is 16.3. The Bertz CT molecular complexity index is 417. The number of anilines is 1. The number of benzene rings is 1. The van der Waals surface area contributed by atoms with Crippen LogP contribution in [0.5, 0.6) is 0 Å². The number of nitrogens with one attached hydrogen (secondary N) is 1. The van der Waals surface area contributed by atoms with E-state index in [9.17, 15) is 5.11 Å². The van der Waals surface area contributed by atoms with Crippen LogP contribution in [0.4, 0.5) is 5.69 Å². The van der Waals surface area contributed by atoms with Crippen LogP contribution in [0.3, 0.4) is 0 Å². The van der Waals surface area contributed by atoms with Crippen molar-refractivity contribution in [1.29, 1.82) is 0 Å². The molecule has 0 aromatic heterocycles. The van der Waals surface area contributed by atoms with Crippen molar-refractivity contribution in [2.45, 2.75) is 45.2 Å². The Morgan fingerprint density at radius 3 is 2.89 bits per heavy atom. The van der Waals surface area contributed by atoms with Gasteiger partial charge in [-0.05, 0) is 57.9 Å². The summed E-state index contributed by atoms with van der Waals surface area (Å²) >= 11 is 0. The lowest BCUT2D eigenvalue weighted by molar-refractivity contribution is 0.265. The largest absolute Gasteiger partial charge is 0.396 e. The van der Waals surface area contributed by atoms with Gasteiger partial charge in [-0.25, -0.2) is 0 Å². The van der Waals surface area contributed by atoms with Gasteiger partial charge in [0.1, 0.15) is 0 Å². The van der Waals surface area contributed by atoms with E-state index in [0.717, 1.165) is 25.9 Å². The molecule has 19 heavy (non-hydrogen) atoms. The first-order chi connectivity index (χ1) is 9.04. The maximum atomic E-state index is 9.35. The number of aliphatic hydroxyl groups is 1. The highest BCUT2D eigenvalue weighted by Gasteiger charge is 2.34. The van der Waals surface area contributed by atoms with Crippen molar-refractivity contribution in [3.63, 3.8) is 0 Å². The van der Waals surface area contributed by atoms with E-state index in [1.54, 1.807) is 0 Å². The first kappa shape index (κ1) is 14.4. The molecule has 1 unspecified atom stereocenters. The molecule has 1 aromatic rings. The first-order valence-corrected chi connectivity index (χ1v) is 7.22. The van der Waals surface area contributed by atoms with Gasteiger partial charge in [0, 0.05) is 30.4 Å². The van der Waals surface area contributed by atoms with Crippen LogP contribution < -0.4 is 10.2 Å². The number of aliphatic hydroxyl groups excluding tert-OH is 1. The van der Waals surface area contributed by atoms with Crippen molar-refractivity contribution in [3.8, 4) is 0 Å². The van der Waals surface area contributed by atoms with E-state index in [-0.39, 0.29) is 12.1 Å². The summed E-state index contributed by atoms with van der Waals surface area (Å²) in [5.74, 6) is 0. The highest BCUT2D eigenvalue weighted by molar-refractivity contribution is 5.52. The van der Waals surface area contributed by atoms with Crippen LogP contribution in [0.15, 0.2) is 24.3 Å². The van der Waals surface area contributed by atoms with Crippen LogP contribution >= 0.6 is 0 Å². The van der Waals surface area contributed by atoms with Crippen molar-refractivity contribution >= 4 is 5.69 Å². The van der Waals surface area contributed by atoms with E-state index < -0.39 is 0 Å². The molecule has 1 aromatic carbocycles. The van der Waals surface area contributed by atoms with Gasteiger partial charge < -0.3 is 15.3 Å². The number of nitrogens with zero attached hydrogens (tertiary/aromatic N) is 1. The summed E-state index contributed by atoms with van der Waals surface area (Å²) < 4.78 is 0. The number of aryl methyl sites for hydroxylation is 1. The molecule has 0 saturated carbocycles. The molecule has 2 N–H and O–H groups in total. The fraction of sp³-hybridized carbons (Fsp3) is 0.625. The Hall–Kier alpha value is -1.06. The lowest BCUT2D eigenvalue weighted by Gasteiger charge is -2.44. The minimum atomic E-state index is 0.108. The fourth-order valence-electron chi connectivity index (χ4n) is 3.09. The average Bonchev–Trinajstić information content (AvgIpc) is 2.48. The van der Waals surface area contributed by atoms with Crippen molar-refractivity contribution < 1.29 is 5.11 Å². The molecule has 1 atom stereocenters. The zero-order chi connectivity index (χ0) is 13.9. The molecule has 2 rings (SSSR count). The summed E-state index contributed by atoms with van der Waals surface area (Å²) in [4.78, 5) is 2.50. The Morgan fingerprint density at radius 1 is 1.42 bits per heavy atom. The molecule has 106 valence electrons. The molecule has 3 heteroatoms. The number of hydrogen-bond acceptors (Lipinski definition) is 3. The third-order valence-electron chi connectivity index (χ3n) is 4.05. The molecule has 0 aliphatic carbocycles. The second-order valence-corrected chi connectivity index (χ2v) is 6.14. The zero-order valence-corrected chi connectivity index (χ0v) is 12.3. The monoisotopic (exact) mass is 262 g/mol. The lowest BCUT2D eigenvalue weighted by atomic mass is 9.94. The maximum Gasteiger partial charge on any atom is 0.0451 e. The molecular weight excluding hydrogens is 236 g/mol. The second kappa shape index (κ2) is 5.93. The molecular formula is C16H26N2O. The van der Waals surface area contributed by atoms with Gasteiger partial charge in [-0.15, -0.1) is 0 Å². The molecule has 0 bridgehead atoms. The van der Waals surface area contributed by atoms with E-state index in [1.165, 1.54) is 11.3 Å². The summed E-state index contributed by atoms with van der Waals surface area (Å²) in [5, 5.41) is 12.8. The molecule has 1 fully saturated rings. The third kappa shape index (κ3) is 3.28. The summed E-state index contributed by atoms with van der Waals surface area (Å²) in [5.41, 5.74) is 2.66. The first-order valence-electron chi connectivity index (χ1n) is 7.22. The quantitative estimate of drug-likeness (QED) is 0.877. The summed E-state index contributed by atoms with van der Waals surface area (Å²) in [7, 11) is 0. The molecule has 1 saturated heterocycles. The Kier molecular flexibility index (Phi) is 4.48. The number of hydrogen-bond donors (Lipinski definition) is 2. The summed E-state index contributed by atoms with van der Waals surface area (Å²) in [6.45, 7) is 8.95. The van der Waals surface area contributed by atoms with E-state index in [4.69, 9.17) is 0 Å². The van der Waals surface area contributed by atoms with Gasteiger partial charge in [0.05, 0.1) is 0 Å². The standard InChI is InChI=1S/C16H26N2O/c1-13-5-4-6-14(11-13)18-15(7-10-19)12-17-9-8-16(18,2)3/h4-6,11,15,17,19H,7-10,12H2,1-3H3. The minimum Gasteiger partial charge on any atom is -0.396 e. The Balaban J connectivity index is 2.37. The van der Waals surface area contributed by atoms with Crippen LogP contribution in [0.2, 0.25) is 0 Å². The normalized spacial score (nSPS) is 23.2. The Morgan fingerprint density at radius 2 is 2.21 bits per heavy atom. The molecule has 3 nitrogen and oxygen atoms in total. The van der Waals surface area contributed by atoms with E-state index in [0.29, 0.717) is 6.04 Å². The van der Waals surface area contributed by atoms with Gasteiger partial charge in [-0.1, -0.05) is 12.1 Å². The van der Waals surface area contributed by atoms with Crippen molar-refractivity contribution in [2.75, 3.05) is 24.6 Å². The fourth-order valence-corrected chi connectivity index (χ4v) is 3.09. The molecule has 1 aliphatic rings. The van der Waals surface area contributed by atoms with Gasteiger partial charge >= 0.3 is 0 Å². The van der Waals surface area contributed by atoms with Crippen LogP contribution in [0.1, 0.15) is 32.3 Å². The topological polar surface area (TPSA) is 35.5 Å². The smallest absolute Gasteiger partial charge is 0.0451 e. The zero-order valence-electron chi connectivity index (χ0n) is 12.3. The highest BCUT2D eigenvalue weighted by Crippen LogP contribution is 2.31. The van der Waals surface area contributed by atoms with Crippen LogP contribution in [-0.2, 0) is 0 Å². The van der Waals surface area contributed by atoms with Gasteiger partial charge in [-0.3, -0.25) is 0 Å². The third-order valence-corrected chi connectivity index (χ3v) is 4.05. The van der Waals surface area contributed by atoms with Crippen molar-refractivity contribution in [2.24, 2.45) is 0 Å². The SMILES string of the molecule is Cc1cccc(N2C(CCO)CNCCC2(C)C)c1. The summed E-state index contributed by atoms with van der Waals surface area (Å²) in [6.07, 6.45) is 1.92. The molecule has 0 radical (unpaired) electrons. The van der Waals surface area contributed by atoms with Gasteiger partial charge in [0.15, 0.2) is 0 Å². The second-order valence-electron chi connectivity index (χ2n) is 6.14. The van der Waals surface area contributed by atoms with E-state index >= 15 is 0 Å². The van der Waals surface area contributed by atoms with Crippen molar-refractivity contribution in [3.05, 3.63) is 29.8 Å². The maximum absolute atomic E-state index is 9.35. The van der Waals surface area contributed by atoms with Gasteiger partial charge in [0.25, 0.3) is 0 Å². The van der Waals surface area contributed by atoms with E-state index in [1.807, 2.05) is 0 Å². The lowest BCUT2D eigenvalue weighted by Crippen LogP contribution is -2.51. The molecule has 0 amide bonds. The van der Waals surface area contributed by atoms with Crippen LogP contribution in [-0.4, -0.2) is 36.4 Å². The minimum absolute atomic E-state index is 0.108. The number of rotatable bonds is 3. The van der Waals surface area contributed by atoms with Crippen LogP contribution in [0.25, 0.3) is 0 Å². The van der Waals surface area contributed by atoms with Gasteiger partial charge in [0.2, 0.25) is 0 Å². The van der Waals surface area contributed by atoms with Crippen LogP contribution in [0, 0.1) is 6.92 Å². The summed E-state index contributed by atoms with van der Waals surface area (Å²) in [6, 6.07) is 9.04. The Labute approximate surface area is 116 Å². The van der Waals surface area contributed by atoms with Crippen molar-refractivity contribution in [1.82, 2.24) is 5.32 Å². The molecule has 1 heterocycles. The average molecular weight is 262 g/mol. The molecule has 0 spiro atoms. The predicted molar refractivity (Wildman–Crippen MR) is 80.7 cm³/mol.